The van der Waals surface area contributed by atoms with Crippen LogP contribution in [0.1, 0.15) is 50.7 Å². The van der Waals surface area contributed by atoms with Gasteiger partial charge in [-0.2, -0.15) is 0 Å². The van der Waals surface area contributed by atoms with E-state index in [2.05, 4.69) is 19.9 Å². The van der Waals surface area contributed by atoms with E-state index in [1.54, 1.807) is 0 Å². The summed E-state index contributed by atoms with van der Waals surface area (Å²) < 4.78 is 0. The zero-order chi connectivity index (χ0) is 13.8. The lowest BCUT2D eigenvalue weighted by Gasteiger charge is -2.50. The molecule has 1 fully saturated rings. The Morgan fingerprint density at radius 3 is 2.63 bits per heavy atom. The van der Waals surface area contributed by atoms with Crippen molar-refractivity contribution in [3.8, 4) is 0 Å². The van der Waals surface area contributed by atoms with Crippen molar-refractivity contribution in [2.45, 2.75) is 51.4 Å². The highest BCUT2D eigenvalue weighted by Crippen LogP contribution is 2.54. The van der Waals surface area contributed by atoms with Crippen molar-refractivity contribution in [1.29, 1.82) is 0 Å². The van der Waals surface area contributed by atoms with Crippen LogP contribution in [-0.4, -0.2) is 0 Å². The van der Waals surface area contributed by atoms with Gasteiger partial charge in [0.25, 0.3) is 0 Å². The first-order valence-corrected chi connectivity index (χ1v) is 8.25. The van der Waals surface area contributed by atoms with Gasteiger partial charge in [0, 0.05) is 0 Å². The largest absolute Gasteiger partial charge is 0.0826 e. The second-order valence-electron chi connectivity index (χ2n) is 6.44. The van der Waals surface area contributed by atoms with E-state index in [1.165, 1.54) is 36.8 Å². The number of hydrogen-bond acceptors (Lipinski definition) is 0. The van der Waals surface area contributed by atoms with E-state index in [-0.39, 0.29) is 5.41 Å². The van der Waals surface area contributed by atoms with Gasteiger partial charge in [0.15, 0.2) is 0 Å². The fraction of sp³-hybridized carbons (Fsp3) is 0.625. The van der Waals surface area contributed by atoms with Gasteiger partial charge in [-0.3, -0.25) is 0 Å². The second-order valence-corrected chi connectivity index (χ2v) is 7.61. The number of rotatable bonds is 0. The quantitative estimate of drug-likeness (QED) is 0.493. The van der Waals surface area contributed by atoms with Crippen LogP contribution in [0.3, 0.4) is 0 Å². The average Bonchev–Trinajstić information content (AvgIpc) is 2.37. The molecule has 0 spiro atoms. The Hall–Kier alpha value is 0.0900. The fourth-order valence-corrected chi connectivity index (χ4v) is 5.15. The average molecular weight is 318 g/mol. The third kappa shape index (κ3) is 2.03. The van der Waals surface area contributed by atoms with E-state index in [9.17, 15) is 0 Å². The summed E-state index contributed by atoms with van der Waals surface area (Å²) in [4.78, 5) is 0. The van der Waals surface area contributed by atoms with Crippen molar-refractivity contribution >= 4 is 34.8 Å². The van der Waals surface area contributed by atoms with Crippen LogP contribution in [0.4, 0.5) is 0 Å². The van der Waals surface area contributed by atoms with Gasteiger partial charge in [0.2, 0.25) is 0 Å². The first kappa shape index (κ1) is 14.0. The highest BCUT2D eigenvalue weighted by atomic mass is 35.5. The summed E-state index contributed by atoms with van der Waals surface area (Å²) >= 11 is 18.9. The topological polar surface area (TPSA) is 0 Å². The van der Waals surface area contributed by atoms with E-state index in [1.807, 2.05) is 0 Å². The van der Waals surface area contributed by atoms with Gasteiger partial charge >= 0.3 is 0 Å². The molecule has 3 heteroatoms. The molecule has 1 saturated carbocycles. The zero-order valence-electron chi connectivity index (χ0n) is 11.4. The maximum absolute atomic E-state index is 6.43. The SMILES string of the molecule is CC1CCCC2(C)c3cc(Cl)c(Cl)c(Cl)c3CCC12. The number of fused-ring (bicyclic) bond motifs is 3. The summed E-state index contributed by atoms with van der Waals surface area (Å²) in [7, 11) is 0. The van der Waals surface area contributed by atoms with E-state index in [0.717, 1.165) is 18.3 Å². The third-order valence-electron chi connectivity index (χ3n) is 5.44. The van der Waals surface area contributed by atoms with Gasteiger partial charge in [-0.15, -0.1) is 0 Å². The smallest absolute Gasteiger partial charge is 0.0781 e. The molecule has 2 aliphatic carbocycles. The first-order chi connectivity index (χ1) is 8.95. The van der Waals surface area contributed by atoms with Crippen molar-refractivity contribution in [1.82, 2.24) is 0 Å². The molecule has 0 N–H and O–H groups in total. The van der Waals surface area contributed by atoms with Crippen LogP contribution in [0, 0.1) is 11.8 Å². The zero-order valence-corrected chi connectivity index (χ0v) is 13.7. The first-order valence-electron chi connectivity index (χ1n) is 7.12. The summed E-state index contributed by atoms with van der Waals surface area (Å²) in [6, 6.07) is 2.08. The van der Waals surface area contributed by atoms with Crippen LogP contribution < -0.4 is 0 Å². The lowest BCUT2D eigenvalue weighted by Crippen LogP contribution is -2.43. The molecule has 19 heavy (non-hydrogen) atoms. The molecule has 0 saturated heterocycles. The van der Waals surface area contributed by atoms with Gasteiger partial charge in [-0.05, 0) is 53.7 Å². The van der Waals surface area contributed by atoms with E-state index < -0.39 is 0 Å². The van der Waals surface area contributed by atoms with Gasteiger partial charge in [-0.25, -0.2) is 0 Å². The second kappa shape index (κ2) is 4.83. The highest BCUT2D eigenvalue weighted by Gasteiger charge is 2.45. The molecular formula is C16H19Cl3. The molecule has 1 aromatic carbocycles. The summed E-state index contributed by atoms with van der Waals surface area (Å²) in [6.07, 6.45) is 6.15. The molecule has 0 aromatic heterocycles. The predicted octanol–water partition coefficient (Wildman–Crippen LogP) is 6.29. The summed E-state index contributed by atoms with van der Waals surface area (Å²) in [5.41, 5.74) is 2.82. The lowest BCUT2D eigenvalue weighted by molar-refractivity contribution is 0.118. The molecule has 0 heterocycles. The third-order valence-corrected chi connectivity index (χ3v) is 6.75. The minimum absolute atomic E-state index is 0.225. The van der Waals surface area contributed by atoms with Crippen LogP contribution in [-0.2, 0) is 11.8 Å². The summed E-state index contributed by atoms with van der Waals surface area (Å²) in [5.74, 6) is 1.54. The number of halogens is 3. The Kier molecular flexibility index (Phi) is 3.57. The van der Waals surface area contributed by atoms with Crippen molar-refractivity contribution in [2.75, 3.05) is 0 Å². The Labute approximate surface area is 130 Å². The van der Waals surface area contributed by atoms with E-state index in [4.69, 9.17) is 34.8 Å². The van der Waals surface area contributed by atoms with Gasteiger partial charge in [0.1, 0.15) is 0 Å². The molecule has 0 aliphatic heterocycles. The van der Waals surface area contributed by atoms with Crippen LogP contribution in [0.2, 0.25) is 15.1 Å². The van der Waals surface area contributed by atoms with Crippen molar-refractivity contribution in [3.63, 3.8) is 0 Å². The van der Waals surface area contributed by atoms with Crippen molar-refractivity contribution in [2.24, 2.45) is 11.8 Å². The van der Waals surface area contributed by atoms with Crippen LogP contribution in [0.5, 0.6) is 0 Å². The highest BCUT2D eigenvalue weighted by molar-refractivity contribution is 6.48. The van der Waals surface area contributed by atoms with Crippen molar-refractivity contribution < 1.29 is 0 Å². The maximum atomic E-state index is 6.43. The monoisotopic (exact) mass is 316 g/mol. The minimum Gasteiger partial charge on any atom is -0.0826 e. The molecule has 0 bridgehead atoms. The Morgan fingerprint density at radius 1 is 1.16 bits per heavy atom. The van der Waals surface area contributed by atoms with Crippen LogP contribution in [0.15, 0.2) is 6.07 Å². The number of benzene rings is 1. The van der Waals surface area contributed by atoms with Gasteiger partial charge < -0.3 is 0 Å². The van der Waals surface area contributed by atoms with Crippen LogP contribution in [0.25, 0.3) is 0 Å². The van der Waals surface area contributed by atoms with Gasteiger partial charge in [-0.1, -0.05) is 61.5 Å². The predicted molar refractivity (Wildman–Crippen MR) is 83.7 cm³/mol. The molecule has 3 atom stereocenters. The molecular weight excluding hydrogens is 299 g/mol. The Bertz CT molecular complexity index is 523. The van der Waals surface area contributed by atoms with E-state index >= 15 is 0 Å². The molecule has 104 valence electrons. The molecule has 1 aromatic rings. The summed E-state index contributed by atoms with van der Waals surface area (Å²) in [5, 5.41) is 1.81. The Morgan fingerprint density at radius 2 is 1.89 bits per heavy atom. The minimum atomic E-state index is 0.225. The summed E-state index contributed by atoms with van der Waals surface area (Å²) in [6.45, 7) is 4.79. The fourth-order valence-electron chi connectivity index (χ4n) is 4.43. The normalized spacial score (nSPS) is 33.7. The van der Waals surface area contributed by atoms with Crippen LogP contribution >= 0.6 is 34.8 Å². The Balaban J connectivity index is 2.18. The molecule has 3 unspecified atom stereocenters. The molecule has 0 radical (unpaired) electrons. The lowest BCUT2D eigenvalue weighted by atomic mass is 9.55. The molecule has 2 aliphatic rings. The van der Waals surface area contributed by atoms with E-state index in [0.29, 0.717) is 15.1 Å². The molecule has 0 amide bonds. The van der Waals surface area contributed by atoms with Crippen molar-refractivity contribution in [3.05, 3.63) is 32.3 Å². The standard InChI is InChI=1S/C16H19Cl3/c1-9-4-3-7-16(2)11(9)6-5-10-12(16)8-13(17)15(19)14(10)18/h8-9,11H,3-7H2,1-2H3. The number of hydrogen-bond donors (Lipinski definition) is 0. The maximum Gasteiger partial charge on any atom is 0.0781 e. The molecule has 0 nitrogen and oxygen atoms in total. The molecule has 3 rings (SSSR count). The van der Waals surface area contributed by atoms with Gasteiger partial charge in [0.05, 0.1) is 15.1 Å².